The molecule has 24 heavy (non-hydrogen) atoms. The molecule has 0 aliphatic heterocycles. The van der Waals surface area contributed by atoms with Crippen molar-refractivity contribution in [3.63, 3.8) is 0 Å². The minimum absolute atomic E-state index is 0.349. The molecular formula is C19H23N3O2. The number of aliphatic imine (C=N–C) groups is 1. The summed E-state index contributed by atoms with van der Waals surface area (Å²) in [4.78, 5) is 4.43. The number of methoxy groups -OCH3 is 2. The third kappa shape index (κ3) is 3.62. The number of aryl methyl sites for hydroxylation is 2. The van der Waals surface area contributed by atoms with E-state index in [4.69, 9.17) is 15.2 Å². The summed E-state index contributed by atoms with van der Waals surface area (Å²) in [6.45, 7) is 0.554. The highest BCUT2D eigenvalue weighted by molar-refractivity contribution is 5.94. The van der Waals surface area contributed by atoms with Gasteiger partial charge in [-0.25, -0.2) is 4.99 Å². The van der Waals surface area contributed by atoms with Gasteiger partial charge in [0.15, 0.2) is 5.96 Å². The maximum absolute atomic E-state index is 6.02. The van der Waals surface area contributed by atoms with Gasteiger partial charge in [-0.2, -0.15) is 0 Å². The molecule has 3 rings (SSSR count). The lowest BCUT2D eigenvalue weighted by Crippen LogP contribution is -2.23. The molecule has 5 nitrogen and oxygen atoms in total. The lowest BCUT2D eigenvalue weighted by atomic mass is 10.1. The Morgan fingerprint density at radius 2 is 1.92 bits per heavy atom. The number of hydrogen-bond acceptors (Lipinski definition) is 3. The van der Waals surface area contributed by atoms with E-state index in [1.54, 1.807) is 14.2 Å². The topological polar surface area (TPSA) is 68.9 Å². The fraction of sp³-hybridized carbons (Fsp3) is 0.316. The van der Waals surface area contributed by atoms with Gasteiger partial charge in [-0.05, 0) is 48.1 Å². The van der Waals surface area contributed by atoms with Gasteiger partial charge in [0.05, 0.1) is 26.5 Å². The monoisotopic (exact) mass is 325 g/mol. The number of nitrogens with two attached hydrogens (primary N) is 1. The smallest absolute Gasteiger partial charge is 0.193 e. The van der Waals surface area contributed by atoms with Gasteiger partial charge in [0, 0.05) is 6.07 Å². The Balaban J connectivity index is 1.70. The van der Waals surface area contributed by atoms with Crippen LogP contribution in [-0.4, -0.2) is 20.2 Å². The fourth-order valence-electron chi connectivity index (χ4n) is 2.99. The van der Waals surface area contributed by atoms with Crippen LogP contribution in [0.2, 0.25) is 0 Å². The van der Waals surface area contributed by atoms with Gasteiger partial charge >= 0.3 is 0 Å². The number of nitrogens with zero attached hydrogens (tertiary/aromatic N) is 1. The molecular weight excluding hydrogens is 302 g/mol. The van der Waals surface area contributed by atoms with E-state index in [1.807, 2.05) is 18.2 Å². The molecule has 0 radical (unpaired) electrons. The molecule has 0 amide bonds. The largest absolute Gasteiger partial charge is 0.497 e. The van der Waals surface area contributed by atoms with E-state index < -0.39 is 0 Å². The van der Waals surface area contributed by atoms with E-state index >= 15 is 0 Å². The number of fused-ring (bicyclic) bond motifs is 1. The fourth-order valence-corrected chi connectivity index (χ4v) is 2.99. The van der Waals surface area contributed by atoms with E-state index in [1.165, 1.54) is 36.0 Å². The van der Waals surface area contributed by atoms with Crippen molar-refractivity contribution >= 4 is 11.6 Å². The van der Waals surface area contributed by atoms with Crippen LogP contribution in [0.5, 0.6) is 11.5 Å². The summed E-state index contributed by atoms with van der Waals surface area (Å²) in [5.74, 6) is 1.76. The summed E-state index contributed by atoms with van der Waals surface area (Å²) >= 11 is 0. The molecule has 0 saturated carbocycles. The molecule has 5 heteroatoms. The second-order valence-corrected chi connectivity index (χ2v) is 5.85. The predicted molar refractivity (Wildman–Crippen MR) is 97.0 cm³/mol. The molecule has 0 unspecified atom stereocenters. The van der Waals surface area contributed by atoms with Crippen molar-refractivity contribution in [2.24, 2.45) is 10.7 Å². The summed E-state index contributed by atoms with van der Waals surface area (Å²) in [5, 5.41) is 3.08. The first-order chi connectivity index (χ1) is 11.7. The van der Waals surface area contributed by atoms with E-state index in [0.29, 0.717) is 18.3 Å². The first-order valence-electron chi connectivity index (χ1n) is 8.09. The second kappa shape index (κ2) is 7.25. The van der Waals surface area contributed by atoms with Gasteiger partial charge in [0.25, 0.3) is 0 Å². The molecule has 3 N–H and O–H groups in total. The van der Waals surface area contributed by atoms with Crippen LogP contribution in [0.1, 0.15) is 23.1 Å². The first-order valence-corrected chi connectivity index (χ1v) is 8.09. The normalized spacial score (nSPS) is 13.5. The highest BCUT2D eigenvalue weighted by Gasteiger charge is 2.10. The van der Waals surface area contributed by atoms with Gasteiger partial charge < -0.3 is 20.5 Å². The number of guanidine groups is 1. The van der Waals surface area contributed by atoms with Gasteiger partial charge in [-0.1, -0.05) is 18.2 Å². The minimum Gasteiger partial charge on any atom is -0.497 e. The maximum atomic E-state index is 6.02. The van der Waals surface area contributed by atoms with Gasteiger partial charge in [-0.15, -0.1) is 0 Å². The summed E-state index contributed by atoms with van der Waals surface area (Å²) in [6, 6.07) is 12.1. The summed E-state index contributed by atoms with van der Waals surface area (Å²) in [5.41, 5.74) is 10.8. The molecule has 0 saturated heterocycles. The molecule has 0 spiro atoms. The molecule has 1 aliphatic rings. The van der Waals surface area contributed by atoms with Crippen LogP contribution in [0, 0.1) is 0 Å². The molecule has 0 bridgehead atoms. The molecule has 0 atom stereocenters. The molecule has 126 valence electrons. The Hall–Kier alpha value is -2.69. The van der Waals surface area contributed by atoms with E-state index in [9.17, 15) is 0 Å². The van der Waals surface area contributed by atoms with Crippen molar-refractivity contribution in [1.29, 1.82) is 0 Å². The summed E-state index contributed by atoms with van der Waals surface area (Å²) in [7, 11) is 3.24. The molecule has 2 aromatic rings. The average Bonchev–Trinajstić information content (AvgIpc) is 3.07. The van der Waals surface area contributed by atoms with Crippen molar-refractivity contribution in [2.45, 2.75) is 25.8 Å². The molecule has 2 aromatic carbocycles. The highest BCUT2D eigenvalue weighted by atomic mass is 16.5. The SMILES string of the molecule is COc1ccc(OC)c(NC(N)=NCc2ccc3c(c2)CCC3)c1. The second-order valence-electron chi connectivity index (χ2n) is 5.85. The van der Waals surface area contributed by atoms with Gasteiger partial charge in [-0.3, -0.25) is 0 Å². The van der Waals surface area contributed by atoms with Crippen molar-refractivity contribution in [1.82, 2.24) is 0 Å². The van der Waals surface area contributed by atoms with Crippen LogP contribution < -0.4 is 20.5 Å². The zero-order valence-corrected chi connectivity index (χ0v) is 14.1. The Morgan fingerprint density at radius 1 is 1.08 bits per heavy atom. The van der Waals surface area contributed by atoms with Crippen LogP contribution in [0.4, 0.5) is 5.69 Å². The Labute approximate surface area is 142 Å². The third-order valence-corrected chi connectivity index (χ3v) is 4.26. The Morgan fingerprint density at radius 3 is 2.71 bits per heavy atom. The number of benzene rings is 2. The van der Waals surface area contributed by atoms with E-state index in [-0.39, 0.29) is 0 Å². The van der Waals surface area contributed by atoms with Crippen molar-refractivity contribution in [2.75, 3.05) is 19.5 Å². The van der Waals surface area contributed by atoms with Crippen molar-refractivity contribution < 1.29 is 9.47 Å². The summed E-state index contributed by atoms with van der Waals surface area (Å²) in [6.07, 6.45) is 3.61. The summed E-state index contributed by atoms with van der Waals surface area (Å²) < 4.78 is 10.6. The first kappa shape index (κ1) is 16.2. The van der Waals surface area contributed by atoms with Crippen LogP contribution in [0.25, 0.3) is 0 Å². The number of ether oxygens (including phenoxy) is 2. The van der Waals surface area contributed by atoms with Crippen LogP contribution in [0.3, 0.4) is 0 Å². The number of hydrogen-bond donors (Lipinski definition) is 2. The lowest BCUT2D eigenvalue weighted by molar-refractivity contribution is 0.405. The molecule has 0 fully saturated rings. The average molecular weight is 325 g/mol. The zero-order chi connectivity index (χ0) is 16.9. The third-order valence-electron chi connectivity index (χ3n) is 4.26. The van der Waals surface area contributed by atoms with Crippen LogP contribution in [0.15, 0.2) is 41.4 Å². The van der Waals surface area contributed by atoms with Crippen molar-refractivity contribution in [3.05, 3.63) is 53.1 Å². The predicted octanol–water partition coefficient (Wildman–Crippen LogP) is 3.12. The number of rotatable bonds is 5. The molecule has 0 heterocycles. The Bertz CT molecular complexity index is 756. The quantitative estimate of drug-likeness (QED) is 0.654. The van der Waals surface area contributed by atoms with E-state index in [2.05, 4.69) is 28.5 Å². The van der Waals surface area contributed by atoms with Gasteiger partial charge in [0.1, 0.15) is 11.5 Å². The highest BCUT2D eigenvalue weighted by Crippen LogP contribution is 2.28. The molecule has 0 aromatic heterocycles. The van der Waals surface area contributed by atoms with E-state index in [0.717, 1.165) is 11.4 Å². The van der Waals surface area contributed by atoms with Gasteiger partial charge in [0.2, 0.25) is 0 Å². The van der Waals surface area contributed by atoms with Crippen molar-refractivity contribution in [3.8, 4) is 11.5 Å². The maximum Gasteiger partial charge on any atom is 0.193 e. The lowest BCUT2D eigenvalue weighted by Gasteiger charge is -2.12. The van der Waals surface area contributed by atoms with Crippen LogP contribution >= 0.6 is 0 Å². The zero-order valence-electron chi connectivity index (χ0n) is 14.1. The molecule has 1 aliphatic carbocycles. The standard InChI is InChI=1S/C19H23N3O2/c1-23-16-8-9-18(24-2)17(11-16)22-19(20)21-12-13-6-7-14-4-3-5-15(14)10-13/h6-11H,3-5,12H2,1-2H3,(H3,20,21,22). The minimum atomic E-state index is 0.349. The van der Waals surface area contributed by atoms with Crippen LogP contribution in [-0.2, 0) is 19.4 Å². The number of nitrogens with one attached hydrogen (secondary N) is 1. The number of anilines is 1. The Kier molecular flexibility index (Phi) is 4.89.